The van der Waals surface area contributed by atoms with E-state index >= 15 is 0 Å². The molecule has 0 unspecified atom stereocenters. The summed E-state index contributed by atoms with van der Waals surface area (Å²) in [5, 5.41) is 11.7. The average Bonchev–Trinajstić information content (AvgIpc) is 2.32. The molecular weight excluding hydrogens is 303 g/mol. The van der Waals surface area contributed by atoms with Crippen LogP contribution in [0, 0.1) is 0 Å². The smallest absolute Gasteiger partial charge is 0.444 e. The summed E-state index contributed by atoms with van der Waals surface area (Å²) >= 11 is 0. The number of nitrogens with one attached hydrogen (secondary N) is 1. The molecule has 0 aromatic heterocycles. The van der Waals surface area contributed by atoms with E-state index < -0.39 is 36.5 Å². The van der Waals surface area contributed by atoms with E-state index in [4.69, 9.17) is 4.74 Å². The van der Waals surface area contributed by atoms with Crippen molar-refractivity contribution in [3.05, 3.63) is 29.8 Å². The van der Waals surface area contributed by atoms with Crippen molar-refractivity contribution in [2.75, 3.05) is 6.61 Å². The second-order valence-electron chi connectivity index (χ2n) is 5.50. The average molecular weight is 321 g/mol. The molecule has 1 aromatic carbocycles. The number of alkyl halides is 3. The van der Waals surface area contributed by atoms with Gasteiger partial charge in [-0.05, 0) is 38.5 Å². The van der Waals surface area contributed by atoms with Crippen molar-refractivity contribution in [2.24, 2.45) is 0 Å². The lowest BCUT2D eigenvalue weighted by molar-refractivity contribution is -0.274. The molecule has 0 aliphatic rings. The molecule has 5 nitrogen and oxygen atoms in total. The van der Waals surface area contributed by atoms with Crippen molar-refractivity contribution in [3.8, 4) is 5.75 Å². The standard InChI is InChI=1S/C14H18F3NO4/c1-13(2,3)22-12(20)18-11(8-19)9-5-4-6-10(7-9)21-14(15,16)17/h4-7,11,19H,8H2,1-3H3,(H,18,20)/t11-/m0/s1. The number of benzene rings is 1. The molecule has 124 valence electrons. The molecule has 0 saturated heterocycles. The van der Waals surface area contributed by atoms with E-state index in [0.717, 1.165) is 12.1 Å². The van der Waals surface area contributed by atoms with Crippen molar-refractivity contribution < 1.29 is 32.5 Å². The maximum Gasteiger partial charge on any atom is 0.573 e. The van der Waals surface area contributed by atoms with Crippen LogP contribution >= 0.6 is 0 Å². The van der Waals surface area contributed by atoms with Gasteiger partial charge in [0.15, 0.2) is 0 Å². The summed E-state index contributed by atoms with van der Waals surface area (Å²) < 4.78 is 45.4. The number of alkyl carbamates (subject to hydrolysis) is 1. The second kappa shape index (κ2) is 6.87. The Morgan fingerprint density at radius 2 is 1.95 bits per heavy atom. The highest BCUT2D eigenvalue weighted by Crippen LogP contribution is 2.25. The number of aliphatic hydroxyl groups excluding tert-OH is 1. The van der Waals surface area contributed by atoms with Crippen molar-refractivity contribution in [1.82, 2.24) is 5.32 Å². The zero-order valence-electron chi connectivity index (χ0n) is 12.4. The zero-order valence-corrected chi connectivity index (χ0v) is 12.4. The summed E-state index contributed by atoms with van der Waals surface area (Å²) in [5.41, 5.74) is -0.471. The highest BCUT2D eigenvalue weighted by Gasteiger charge is 2.31. The van der Waals surface area contributed by atoms with Crippen LogP contribution in [0.25, 0.3) is 0 Å². The van der Waals surface area contributed by atoms with Gasteiger partial charge in [0, 0.05) is 0 Å². The number of hydrogen-bond acceptors (Lipinski definition) is 4. The monoisotopic (exact) mass is 321 g/mol. The third kappa shape index (κ3) is 6.66. The van der Waals surface area contributed by atoms with Crippen molar-refractivity contribution >= 4 is 6.09 Å². The van der Waals surface area contributed by atoms with E-state index in [9.17, 15) is 23.1 Å². The fraction of sp³-hybridized carbons (Fsp3) is 0.500. The summed E-state index contributed by atoms with van der Waals surface area (Å²) in [7, 11) is 0. The highest BCUT2D eigenvalue weighted by atomic mass is 19.4. The van der Waals surface area contributed by atoms with Crippen LogP contribution in [0.2, 0.25) is 0 Å². The van der Waals surface area contributed by atoms with Gasteiger partial charge in [-0.2, -0.15) is 0 Å². The van der Waals surface area contributed by atoms with Crippen LogP contribution in [0.4, 0.5) is 18.0 Å². The molecule has 0 aliphatic heterocycles. The molecule has 0 spiro atoms. The van der Waals surface area contributed by atoms with Gasteiger partial charge in [0.25, 0.3) is 0 Å². The second-order valence-corrected chi connectivity index (χ2v) is 5.50. The van der Waals surface area contributed by atoms with Gasteiger partial charge in [0.2, 0.25) is 0 Å². The topological polar surface area (TPSA) is 67.8 Å². The van der Waals surface area contributed by atoms with Crippen molar-refractivity contribution in [1.29, 1.82) is 0 Å². The molecule has 1 atom stereocenters. The number of carbonyl (C=O) groups excluding carboxylic acids is 1. The molecule has 0 heterocycles. The summed E-state index contributed by atoms with van der Waals surface area (Å²) in [4.78, 5) is 11.7. The molecule has 22 heavy (non-hydrogen) atoms. The van der Waals surface area contributed by atoms with E-state index in [0.29, 0.717) is 0 Å². The molecule has 8 heteroatoms. The number of rotatable bonds is 4. The van der Waals surface area contributed by atoms with Gasteiger partial charge in [0.1, 0.15) is 11.4 Å². The van der Waals surface area contributed by atoms with E-state index in [1.807, 2.05) is 0 Å². The molecule has 1 aromatic rings. The van der Waals surface area contributed by atoms with Crippen LogP contribution in [-0.2, 0) is 4.74 Å². The van der Waals surface area contributed by atoms with Gasteiger partial charge in [-0.1, -0.05) is 12.1 Å². The third-order valence-corrected chi connectivity index (χ3v) is 2.37. The van der Waals surface area contributed by atoms with Gasteiger partial charge >= 0.3 is 12.5 Å². The lowest BCUT2D eigenvalue weighted by Gasteiger charge is -2.23. The van der Waals surface area contributed by atoms with E-state index in [2.05, 4.69) is 10.1 Å². The van der Waals surface area contributed by atoms with Crippen LogP contribution in [0.15, 0.2) is 24.3 Å². The molecule has 0 saturated carbocycles. The summed E-state index contributed by atoms with van der Waals surface area (Å²) in [5.74, 6) is -0.436. The van der Waals surface area contributed by atoms with Gasteiger partial charge in [-0.25, -0.2) is 4.79 Å². The Labute approximate surface area is 126 Å². The molecule has 0 bridgehead atoms. The van der Waals surface area contributed by atoms with E-state index in [1.165, 1.54) is 12.1 Å². The molecule has 0 fully saturated rings. The number of halogens is 3. The lowest BCUT2D eigenvalue weighted by Crippen LogP contribution is -2.36. The number of aliphatic hydroxyl groups is 1. The number of hydrogen-bond donors (Lipinski definition) is 2. The van der Waals surface area contributed by atoms with E-state index in [1.54, 1.807) is 20.8 Å². The fourth-order valence-corrected chi connectivity index (χ4v) is 1.61. The van der Waals surface area contributed by atoms with Crippen LogP contribution in [-0.4, -0.2) is 29.8 Å². The minimum Gasteiger partial charge on any atom is -0.444 e. The summed E-state index contributed by atoms with van der Waals surface area (Å²) in [6.45, 7) is 4.49. The maximum absolute atomic E-state index is 12.2. The summed E-state index contributed by atoms with van der Waals surface area (Å²) in [6.07, 6.45) is -5.60. The predicted octanol–water partition coefficient (Wildman–Crippen LogP) is 3.14. The third-order valence-electron chi connectivity index (χ3n) is 2.37. The highest BCUT2D eigenvalue weighted by molar-refractivity contribution is 5.68. The van der Waals surface area contributed by atoms with Crippen LogP contribution in [0.1, 0.15) is 32.4 Å². The first-order valence-corrected chi connectivity index (χ1v) is 6.46. The Balaban J connectivity index is 2.82. The Morgan fingerprint density at radius 3 is 2.45 bits per heavy atom. The first-order valence-electron chi connectivity index (χ1n) is 6.46. The Hall–Kier alpha value is -1.96. The van der Waals surface area contributed by atoms with Gasteiger partial charge in [-0.15, -0.1) is 13.2 Å². The van der Waals surface area contributed by atoms with Crippen molar-refractivity contribution in [3.63, 3.8) is 0 Å². The molecule has 1 rings (SSSR count). The van der Waals surface area contributed by atoms with Gasteiger partial charge < -0.3 is 19.9 Å². The molecule has 2 N–H and O–H groups in total. The zero-order chi connectivity index (χ0) is 17.0. The van der Waals surface area contributed by atoms with Crippen LogP contribution in [0.3, 0.4) is 0 Å². The maximum atomic E-state index is 12.2. The predicted molar refractivity (Wildman–Crippen MR) is 72.3 cm³/mol. The molecular formula is C14H18F3NO4. The fourth-order valence-electron chi connectivity index (χ4n) is 1.61. The number of amides is 1. The SMILES string of the molecule is CC(C)(C)OC(=O)N[C@@H](CO)c1cccc(OC(F)(F)F)c1. The first kappa shape index (κ1) is 18.1. The Kier molecular flexibility index (Phi) is 5.65. The quantitative estimate of drug-likeness (QED) is 0.894. The molecule has 0 aliphatic carbocycles. The van der Waals surface area contributed by atoms with Crippen LogP contribution < -0.4 is 10.1 Å². The Morgan fingerprint density at radius 1 is 1.32 bits per heavy atom. The van der Waals surface area contributed by atoms with Crippen molar-refractivity contribution in [2.45, 2.75) is 38.8 Å². The van der Waals surface area contributed by atoms with Crippen LogP contribution in [0.5, 0.6) is 5.75 Å². The largest absolute Gasteiger partial charge is 0.573 e. The minimum atomic E-state index is -4.81. The number of ether oxygens (including phenoxy) is 2. The molecule has 1 amide bonds. The minimum absolute atomic E-state index is 0.259. The van der Waals surface area contributed by atoms with Gasteiger partial charge in [0.05, 0.1) is 12.6 Å². The van der Waals surface area contributed by atoms with Gasteiger partial charge in [-0.3, -0.25) is 0 Å². The lowest BCUT2D eigenvalue weighted by atomic mass is 10.1. The molecule has 0 radical (unpaired) electrons. The normalized spacial score (nSPS) is 13.4. The first-order chi connectivity index (χ1) is 10.00. The summed E-state index contributed by atoms with van der Waals surface area (Å²) in [6, 6.07) is 4.09. The Bertz CT molecular complexity index is 512. The van der Waals surface area contributed by atoms with E-state index in [-0.39, 0.29) is 5.56 Å². The number of carbonyl (C=O) groups is 1.